The van der Waals surface area contributed by atoms with Crippen molar-refractivity contribution in [2.24, 2.45) is 0 Å². The Morgan fingerprint density at radius 3 is 2.92 bits per heavy atom. The minimum atomic E-state index is -0.128. The van der Waals surface area contributed by atoms with E-state index in [1.807, 2.05) is 6.07 Å². The third kappa shape index (κ3) is 3.02. The van der Waals surface area contributed by atoms with Crippen molar-refractivity contribution in [2.75, 3.05) is 20.3 Å². The van der Waals surface area contributed by atoms with Crippen molar-refractivity contribution in [3.05, 3.63) is 53.1 Å². The second kappa shape index (κ2) is 6.67. The molecule has 2 aromatic carbocycles. The second-order valence-corrected chi connectivity index (χ2v) is 6.32. The molecule has 0 saturated carbocycles. The Bertz CT molecular complexity index is 785. The Labute approximate surface area is 146 Å². The van der Waals surface area contributed by atoms with Gasteiger partial charge in [-0.3, -0.25) is 4.79 Å². The Hall–Kier alpha value is -2.69. The molecule has 1 heterocycles. The summed E-state index contributed by atoms with van der Waals surface area (Å²) < 4.78 is 16.6. The highest BCUT2D eigenvalue weighted by Crippen LogP contribution is 2.40. The molecule has 4 rings (SSSR count). The van der Waals surface area contributed by atoms with Crippen molar-refractivity contribution in [1.29, 1.82) is 0 Å². The Kier molecular flexibility index (Phi) is 4.22. The zero-order valence-corrected chi connectivity index (χ0v) is 14.2. The molecule has 1 atom stereocenters. The number of hydrogen-bond acceptors (Lipinski definition) is 4. The van der Waals surface area contributed by atoms with Crippen LogP contribution in [-0.2, 0) is 6.42 Å². The molecule has 2 aliphatic rings. The fourth-order valence-corrected chi connectivity index (χ4v) is 3.55. The van der Waals surface area contributed by atoms with E-state index in [2.05, 4.69) is 23.5 Å². The van der Waals surface area contributed by atoms with E-state index in [-0.39, 0.29) is 11.9 Å². The van der Waals surface area contributed by atoms with Crippen molar-refractivity contribution in [2.45, 2.75) is 25.3 Å². The fraction of sp³-hybridized carbons (Fsp3) is 0.350. The summed E-state index contributed by atoms with van der Waals surface area (Å²) in [5.74, 6) is 1.51. The third-order valence-electron chi connectivity index (χ3n) is 4.76. The highest BCUT2D eigenvalue weighted by atomic mass is 16.6. The van der Waals surface area contributed by atoms with E-state index < -0.39 is 0 Å². The van der Waals surface area contributed by atoms with E-state index in [0.29, 0.717) is 36.0 Å². The fourth-order valence-electron chi connectivity index (χ4n) is 3.55. The molecule has 1 aliphatic carbocycles. The van der Waals surface area contributed by atoms with Gasteiger partial charge in [0.15, 0.2) is 11.5 Å². The molecule has 1 aliphatic heterocycles. The van der Waals surface area contributed by atoms with Crippen LogP contribution in [0.3, 0.4) is 0 Å². The second-order valence-electron chi connectivity index (χ2n) is 6.32. The normalized spacial score (nSPS) is 18.2. The summed E-state index contributed by atoms with van der Waals surface area (Å²) in [6.07, 6.45) is 3.09. The molecular formula is C20H21NO4. The lowest BCUT2D eigenvalue weighted by molar-refractivity contribution is 0.0930. The third-order valence-corrected chi connectivity index (χ3v) is 4.76. The Balaban J connectivity index is 1.60. The minimum absolute atomic E-state index is 0.0386. The molecule has 0 aromatic heterocycles. The molecule has 130 valence electrons. The highest BCUT2D eigenvalue weighted by Gasteiger charge is 2.24. The smallest absolute Gasteiger partial charge is 0.252 e. The van der Waals surface area contributed by atoms with E-state index in [4.69, 9.17) is 14.2 Å². The molecular weight excluding hydrogens is 318 g/mol. The molecule has 2 aromatic rings. The van der Waals surface area contributed by atoms with Gasteiger partial charge in [0.1, 0.15) is 13.2 Å². The summed E-state index contributed by atoms with van der Waals surface area (Å²) in [5.41, 5.74) is 3.05. The molecule has 5 heteroatoms. The maximum absolute atomic E-state index is 12.8. The summed E-state index contributed by atoms with van der Waals surface area (Å²) in [6, 6.07) is 11.8. The van der Waals surface area contributed by atoms with E-state index in [0.717, 1.165) is 19.3 Å². The van der Waals surface area contributed by atoms with Gasteiger partial charge in [0, 0.05) is 5.56 Å². The van der Waals surface area contributed by atoms with E-state index in [1.165, 1.54) is 11.1 Å². The Morgan fingerprint density at radius 1 is 1.20 bits per heavy atom. The van der Waals surface area contributed by atoms with Crippen LogP contribution in [0.4, 0.5) is 0 Å². The lowest BCUT2D eigenvalue weighted by Gasteiger charge is -2.27. The van der Waals surface area contributed by atoms with Gasteiger partial charge in [-0.2, -0.15) is 0 Å². The van der Waals surface area contributed by atoms with E-state index in [1.54, 1.807) is 19.2 Å². The molecule has 5 nitrogen and oxygen atoms in total. The van der Waals surface area contributed by atoms with Crippen LogP contribution in [0.1, 0.15) is 40.4 Å². The summed E-state index contributed by atoms with van der Waals surface area (Å²) in [6.45, 7) is 0.949. The minimum Gasteiger partial charge on any atom is -0.493 e. The van der Waals surface area contributed by atoms with Gasteiger partial charge in [-0.1, -0.05) is 24.3 Å². The lowest BCUT2D eigenvalue weighted by atomic mass is 9.87. The number of ether oxygens (including phenoxy) is 3. The topological polar surface area (TPSA) is 56.8 Å². The van der Waals surface area contributed by atoms with Gasteiger partial charge < -0.3 is 19.5 Å². The number of aryl methyl sites for hydroxylation is 1. The number of carbonyl (C=O) groups excluding carboxylic acids is 1. The lowest BCUT2D eigenvalue weighted by Crippen LogP contribution is -2.31. The first-order valence-corrected chi connectivity index (χ1v) is 8.62. The predicted octanol–water partition coefficient (Wildman–Crippen LogP) is 3.27. The van der Waals surface area contributed by atoms with Crippen LogP contribution < -0.4 is 19.5 Å². The van der Waals surface area contributed by atoms with Crippen molar-refractivity contribution >= 4 is 5.91 Å². The summed E-state index contributed by atoms with van der Waals surface area (Å²) >= 11 is 0. The van der Waals surface area contributed by atoms with Gasteiger partial charge in [0.05, 0.1) is 13.2 Å². The van der Waals surface area contributed by atoms with Crippen LogP contribution in [-0.4, -0.2) is 26.2 Å². The van der Waals surface area contributed by atoms with E-state index >= 15 is 0 Å². The SMILES string of the molecule is COc1cc(C(=O)N[C@@H]2CCCc3ccccc32)cc2c1OCCO2. The standard InChI is InChI=1S/C20H21NO4/c1-23-17-11-14(12-18-19(17)25-10-9-24-18)20(22)21-16-8-4-6-13-5-2-3-7-15(13)16/h2-3,5,7,11-12,16H,4,6,8-10H2,1H3,(H,21,22)/t16-/m1/s1. The molecule has 1 N–H and O–H groups in total. The highest BCUT2D eigenvalue weighted by molar-refractivity contribution is 5.96. The van der Waals surface area contributed by atoms with Gasteiger partial charge in [-0.15, -0.1) is 0 Å². The predicted molar refractivity (Wildman–Crippen MR) is 93.6 cm³/mol. The van der Waals surface area contributed by atoms with Crippen molar-refractivity contribution in [1.82, 2.24) is 5.32 Å². The molecule has 0 unspecified atom stereocenters. The van der Waals surface area contributed by atoms with Crippen LogP contribution in [0.15, 0.2) is 36.4 Å². The first-order chi connectivity index (χ1) is 12.3. The van der Waals surface area contributed by atoms with Crippen molar-refractivity contribution in [3.8, 4) is 17.2 Å². The first kappa shape index (κ1) is 15.8. The zero-order valence-electron chi connectivity index (χ0n) is 14.2. The van der Waals surface area contributed by atoms with Gasteiger partial charge in [-0.25, -0.2) is 0 Å². The maximum Gasteiger partial charge on any atom is 0.252 e. The molecule has 1 amide bonds. The quantitative estimate of drug-likeness (QED) is 0.932. The average Bonchev–Trinajstić information content (AvgIpc) is 2.67. The number of benzene rings is 2. The van der Waals surface area contributed by atoms with Crippen LogP contribution in [0, 0.1) is 0 Å². The van der Waals surface area contributed by atoms with Gasteiger partial charge in [0.25, 0.3) is 5.91 Å². The number of fused-ring (bicyclic) bond motifs is 2. The van der Waals surface area contributed by atoms with Gasteiger partial charge in [-0.05, 0) is 42.5 Å². The summed E-state index contributed by atoms with van der Waals surface area (Å²) in [4.78, 5) is 12.8. The van der Waals surface area contributed by atoms with Crippen molar-refractivity contribution in [3.63, 3.8) is 0 Å². The number of nitrogens with one attached hydrogen (secondary N) is 1. The largest absolute Gasteiger partial charge is 0.493 e. The molecule has 0 bridgehead atoms. The zero-order chi connectivity index (χ0) is 17.2. The maximum atomic E-state index is 12.8. The number of methoxy groups -OCH3 is 1. The van der Waals surface area contributed by atoms with Crippen molar-refractivity contribution < 1.29 is 19.0 Å². The first-order valence-electron chi connectivity index (χ1n) is 8.62. The summed E-state index contributed by atoms with van der Waals surface area (Å²) in [5, 5.41) is 3.16. The number of carbonyl (C=O) groups is 1. The Morgan fingerprint density at radius 2 is 2.04 bits per heavy atom. The molecule has 0 radical (unpaired) electrons. The number of hydrogen-bond donors (Lipinski definition) is 1. The van der Waals surface area contributed by atoms with Crippen LogP contribution >= 0.6 is 0 Å². The number of amides is 1. The monoisotopic (exact) mass is 339 g/mol. The average molecular weight is 339 g/mol. The molecule has 0 fully saturated rings. The van der Waals surface area contributed by atoms with Crippen LogP contribution in [0.25, 0.3) is 0 Å². The molecule has 0 saturated heterocycles. The van der Waals surface area contributed by atoms with Crippen LogP contribution in [0.2, 0.25) is 0 Å². The number of rotatable bonds is 3. The van der Waals surface area contributed by atoms with Crippen LogP contribution in [0.5, 0.6) is 17.2 Å². The van der Waals surface area contributed by atoms with E-state index in [9.17, 15) is 4.79 Å². The summed E-state index contributed by atoms with van der Waals surface area (Å²) in [7, 11) is 1.56. The molecule has 25 heavy (non-hydrogen) atoms. The van der Waals surface area contributed by atoms with Gasteiger partial charge in [0.2, 0.25) is 5.75 Å². The van der Waals surface area contributed by atoms with Gasteiger partial charge >= 0.3 is 0 Å². The molecule has 0 spiro atoms.